The third-order valence-corrected chi connectivity index (χ3v) is 4.08. The van der Waals surface area contributed by atoms with Gasteiger partial charge in [-0.2, -0.15) is 0 Å². The standard InChI is InChI=1S/C16H19ClN2O5/c1-10(15(22)19-7-5-18(6-8-19)11(2)20)24-16(23)13-9-12(17)3-4-14(13)21/h3-4,9-10,21H,5-8H2,1-2H3/t10-/m0/s1. The summed E-state index contributed by atoms with van der Waals surface area (Å²) in [6, 6.07) is 4.01. The van der Waals surface area contributed by atoms with Crippen LogP contribution in [0.2, 0.25) is 5.02 Å². The molecule has 0 saturated carbocycles. The first-order chi connectivity index (χ1) is 11.3. The molecular weight excluding hydrogens is 336 g/mol. The number of esters is 1. The Bertz CT molecular complexity index is 656. The van der Waals surface area contributed by atoms with Crippen LogP contribution in [0.5, 0.6) is 5.75 Å². The second-order valence-electron chi connectivity index (χ2n) is 5.54. The Morgan fingerprint density at radius 2 is 1.75 bits per heavy atom. The lowest BCUT2D eigenvalue weighted by Gasteiger charge is -2.35. The van der Waals surface area contributed by atoms with E-state index < -0.39 is 12.1 Å². The van der Waals surface area contributed by atoms with Crippen LogP contribution in [-0.2, 0) is 14.3 Å². The number of piperazine rings is 1. The van der Waals surface area contributed by atoms with Crippen LogP contribution in [0.15, 0.2) is 18.2 Å². The largest absolute Gasteiger partial charge is 0.507 e. The zero-order valence-corrected chi connectivity index (χ0v) is 14.2. The van der Waals surface area contributed by atoms with Gasteiger partial charge in [-0.05, 0) is 25.1 Å². The minimum atomic E-state index is -1.00. The number of ether oxygens (including phenoxy) is 1. The molecule has 1 N–H and O–H groups in total. The van der Waals surface area contributed by atoms with Gasteiger partial charge in [-0.3, -0.25) is 9.59 Å². The maximum Gasteiger partial charge on any atom is 0.342 e. The van der Waals surface area contributed by atoms with E-state index in [0.717, 1.165) is 0 Å². The normalized spacial score (nSPS) is 15.8. The van der Waals surface area contributed by atoms with Gasteiger partial charge in [-0.1, -0.05) is 11.6 Å². The van der Waals surface area contributed by atoms with Gasteiger partial charge in [-0.25, -0.2) is 4.79 Å². The fraction of sp³-hybridized carbons (Fsp3) is 0.438. The molecule has 1 fully saturated rings. The second kappa shape index (κ2) is 7.53. The molecule has 7 nitrogen and oxygen atoms in total. The van der Waals surface area contributed by atoms with Crippen molar-refractivity contribution in [1.82, 2.24) is 9.80 Å². The molecule has 130 valence electrons. The monoisotopic (exact) mass is 354 g/mol. The van der Waals surface area contributed by atoms with Crippen molar-refractivity contribution in [2.24, 2.45) is 0 Å². The number of nitrogens with zero attached hydrogens (tertiary/aromatic N) is 2. The highest BCUT2D eigenvalue weighted by Gasteiger charge is 2.28. The van der Waals surface area contributed by atoms with E-state index in [2.05, 4.69) is 0 Å². The van der Waals surface area contributed by atoms with Gasteiger partial charge in [0.1, 0.15) is 11.3 Å². The van der Waals surface area contributed by atoms with Crippen molar-refractivity contribution in [3.05, 3.63) is 28.8 Å². The van der Waals surface area contributed by atoms with E-state index in [0.29, 0.717) is 26.2 Å². The number of hydrogen-bond acceptors (Lipinski definition) is 5. The van der Waals surface area contributed by atoms with E-state index in [1.54, 1.807) is 9.80 Å². The van der Waals surface area contributed by atoms with Crippen LogP contribution in [0, 0.1) is 0 Å². The van der Waals surface area contributed by atoms with Gasteiger partial charge >= 0.3 is 5.97 Å². The molecule has 0 unspecified atom stereocenters. The summed E-state index contributed by atoms with van der Waals surface area (Å²) in [4.78, 5) is 38.9. The third kappa shape index (κ3) is 4.17. The summed E-state index contributed by atoms with van der Waals surface area (Å²) in [5, 5.41) is 9.97. The molecule has 1 aliphatic heterocycles. The minimum Gasteiger partial charge on any atom is -0.507 e. The molecule has 0 aliphatic carbocycles. The van der Waals surface area contributed by atoms with Gasteiger partial charge in [0.25, 0.3) is 5.91 Å². The first-order valence-electron chi connectivity index (χ1n) is 7.53. The van der Waals surface area contributed by atoms with Crippen molar-refractivity contribution in [1.29, 1.82) is 0 Å². The van der Waals surface area contributed by atoms with Crippen LogP contribution >= 0.6 is 11.6 Å². The van der Waals surface area contributed by atoms with Gasteiger partial charge < -0.3 is 19.6 Å². The number of carbonyl (C=O) groups excluding carboxylic acids is 3. The van der Waals surface area contributed by atoms with Crippen molar-refractivity contribution in [2.75, 3.05) is 26.2 Å². The zero-order valence-electron chi connectivity index (χ0n) is 13.5. The number of amides is 2. The van der Waals surface area contributed by atoms with E-state index >= 15 is 0 Å². The lowest BCUT2D eigenvalue weighted by atomic mass is 10.2. The highest BCUT2D eigenvalue weighted by atomic mass is 35.5. The van der Waals surface area contributed by atoms with E-state index in [-0.39, 0.29) is 28.1 Å². The van der Waals surface area contributed by atoms with E-state index in [1.807, 2.05) is 0 Å². The van der Waals surface area contributed by atoms with E-state index in [1.165, 1.54) is 32.0 Å². The Morgan fingerprint density at radius 1 is 1.17 bits per heavy atom. The van der Waals surface area contributed by atoms with Crippen LogP contribution in [-0.4, -0.2) is 65.0 Å². The lowest BCUT2D eigenvalue weighted by Crippen LogP contribution is -2.52. The van der Waals surface area contributed by atoms with Crippen molar-refractivity contribution < 1.29 is 24.2 Å². The fourth-order valence-corrected chi connectivity index (χ4v) is 2.62. The number of halogens is 1. The van der Waals surface area contributed by atoms with Crippen LogP contribution in [0.4, 0.5) is 0 Å². The van der Waals surface area contributed by atoms with E-state index in [9.17, 15) is 19.5 Å². The molecule has 0 aromatic heterocycles. The third-order valence-electron chi connectivity index (χ3n) is 3.85. The minimum absolute atomic E-state index is 0.0296. The number of carbonyl (C=O) groups is 3. The smallest absolute Gasteiger partial charge is 0.342 e. The molecule has 1 aromatic rings. The Labute approximate surface area is 144 Å². The molecule has 1 heterocycles. The second-order valence-corrected chi connectivity index (χ2v) is 5.98. The highest BCUT2D eigenvalue weighted by molar-refractivity contribution is 6.31. The SMILES string of the molecule is CC(=O)N1CCN(C(=O)[C@H](C)OC(=O)c2cc(Cl)ccc2O)CC1. The summed E-state index contributed by atoms with van der Waals surface area (Å²) in [7, 11) is 0. The van der Waals surface area contributed by atoms with Crippen molar-refractivity contribution in [2.45, 2.75) is 20.0 Å². The Morgan fingerprint density at radius 3 is 2.33 bits per heavy atom. The van der Waals surface area contributed by atoms with Crippen LogP contribution in [0.3, 0.4) is 0 Å². The summed E-state index contributed by atoms with van der Waals surface area (Å²) < 4.78 is 5.13. The van der Waals surface area contributed by atoms with Gasteiger partial charge in [0.15, 0.2) is 6.10 Å². The number of phenolic OH excluding ortho intramolecular Hbond substituents is 1. The molecule has 0 bridgehead atoms. The maximum absolute atomic E-state index is 12.3. The van der Waals surface area contributed by atoms with Crippen molar-refractivity contribution >= 4 is 29.4 Å². The number of aromatic hydroxyl groups is 1. The zero-order chi connectivity index (χ0) is 17.9. The number of rotatable bonds is 3. The highest BCUT2D eigenvalue weighted by Crippen LogP contribution is 2.22. The Hall–Kier alpha value is -2.28. The van der Waals surface area contributed by atoms with Gasteiger partial charge in [-0.15, -0.1) is 0 Å². The van der Waals surface area contributed by atoms with Crippen molar-refractivity contribution in [3.8, 4) is 5.75 Å². The summed E-state index contributed by atoms with van der Waals surface area (Å²) in [6.07, 6.45) is -1.00. The molecule has 1 aliphatic rings. The molecule has 24 heavy (non-hydrogen) atoms. The van der Waals surface area contributed by atoms with Crippen LogP contribution in [0.1, 0.15) is 24.2 Å². The maximum atomic E-state index is 12.3. The molecular formula is C16H19ClN2O5. The van der Waals surface area contributed by atoms with Crippen molar-refractivity contribution in [3.63, 3.8) is 0 Å². The molecule has 2 amide bonds. The van der Waals surface area contributed by atoms with Gasteiger partial charge in [0.2, 0.25) is 5.91 Å². The summed E-state index contributed by atoms with van der Waals surface area (Å²) >= 11 is 5.79. The number of benzene rings is 1. The molecule has 1 aromatic carbocycles. The first kappa shape index (κ1) is 18.1. The molecule has 0 radical (unpaired) electrons. The summed E-state index contributed by atoms with van der Waals surface area (Å²) in [6.45, 7) is 4.65. The lowest BCUT2D eigenvalue weighted by molar-refractivity contribution is -0.144. The van der Waals surface area contributed by atoms with Gasteiger partial charge in [0, 0.05) is 38.1 Å². The Balaban J connectivity index is 1.95. The predicted molar refractivity (Wildman–Crippen MR) is 86.8 cm³/mol. The molecule has 8 heteroatoms. The molecule has 0 spiro atoms. The topological polar surface area (TPSA) is 87.2 Å². The molecule has 1 saturated heterocycles. The van der Waals surface area contributed by atoms with Crippen LogP contribution in [0.25, 0.3) is 0 Å². The average Bonchev–Trinajstić information content (AvgIpc) is 2.56. The number of hydrogen-bond donors (Lipinski definition) is 1. The number of phenols is 1. The van der Waals surface area contributed by atoms with Gasteiger partial charge in [0.05, 0.1) is 0 Å². The first-order valence-corrected chi connectivity index (χ1v) is 7.91. The predicted octanol–water partition coefficient (Wildman–Crippen LogP) is 1.28. The molecule has 2 rings (SSSR count). The fourth-order valence-electron chi connectivity index (χ4n) is 2.45. The summed E-state index contributed by atoms with van der Waals surface area (Å²) in [5.74, 6) is -1.46. The summed E-state index contributed by atoms with van der Waals surface area (Å²) in [5.41, 5.74) is -0.0939. The van der Waals surface area contributed by atoms with Crippen LogP contribution < -0.4 is 0 Å². The quantitative estimate of drug-likeness (QED) is 0.826. The molecule has 1 atom stereocenters. The van der Waals surface area contributed by atoms with E-state index in [4.69, 9.17) is 16.3 Å². The Kier molecular flexibility index (Phi) is 5.66. The average molecular weight is 355 g/mol.